The molecular weight excluding hydrogens is 563 g/mol. The Morgan fingerprint density at radius 3 is 2.52 bits per heavy atom. The molecule has 3 N–H and O–H groups in total. The molecule has 7 nitrogen and oxygen atoms in total. The van der Waals surface area contributed by atoms with Crippen LogP contribution in [0.3, 0.4) is 0 Å². The zero-order chi connectivity index (χ0) is 29.9. The highest BCUT2D eigenvalue weighted by molar-refractivity contribution is 7.80. The average molecular weight is 592 g/mol. The molecule has 5 rings (SSSR count). The summed E-state index contributed by atoms with van der Waals surface area (Å²) in [5.74, 6) is 0.0222. The van der Waals surface area contributed by atoms with Crippen LogP contribution in [-0.4, -0.2) is 33.6 Å². The predicted molar refractivity (Wildman–Crippen MR) is 162 cm³/mol. The number of alkyl halides is 3. The molecule has 0 aliphatic heterocycles. The van der Waals surface area contributed by atoms with E-state index < -0.39 is 6.36 Å². The summed E-state index contributed by atoms with van der Waals surface area (Å²) >= 11 is 5.31. The second-order valence-electron chi connectivity index (χ2n) is 9.97. The van der Waals surface area contributed by atoms with E-state index >= 15 is 0 Å². The molecule has 0 aliphatic rings. The molecule has 0 bridgehead atoms. The van der Waals surface area contributed by atoms with Crippen LogP contribution in [-0.2, 0) is 6.42 Å². The molecule has 0 spiro atoms. The van der Waals surface area contributed by atoms with Crippen molar-refractivity contribution in [2.24, 2.45) is 0 Å². The molecule has 0 atom stereocenters. The third kappa shape index (κ3) is 6.80. The molecule has 0 unspecified atom stereocenters. The maximum atomic E-state index is 12.5. The number of nitrogens with one attached hydrogen (secondary N) is 3. The molecule has 0 saturated carbocycles. The number of hydrogen-bond acceptors (Lipinski definition) is 4. The smallest absolute Gasteiger partial charge is 0.406 e. The molecule has 1 aromatic heterocycles. The summed E-state index contributed by atoms with van der Waals surface area (Å²) in [5.41, 5.74) is 5.25. The fourth-order valence-corrected chi connectivity index (χ4v) is 4.97. The monoisotopic (exact) mass is 591 g/mol. The first kappa shape index (κ1) is 28.9. The Morgan fingerprint density at radius 2 is 1.79 bits per heavy atom. The number of imidazole rings is 1. The van der Waals surface area contributed by atoms with E-state index in [1.165, 1.54) is 12.1 Å². The normalized spacial score (nSPS) is 11.6. The number of thiocarbonyl (C=S) groups is 1. The standard InChI is InChI=1S/C31H28F3N5O2S/c1-19(2)24-5-3-4-6-26(24)37-30(42)38-29(40)35-16-15-20-7-13-25-21(17-20)8-14-27-28(25)36-18-39(27)22-9-11-23(12-10-22)41-31(32,33)34/h3-14,17-19H,15-16H2,1-2H3,(H3,35,37,38,40,42). The summed E-state index contributed by atoms with van der Waals surface area (Å²) in [5, 5.41) is 10.7. The molecule has 0 radical (unpaired) electrons. The maximum absolute atomic E-state index is 12.5. The van der Waals surface area contributed by atoms with E-state index in [2.05, 4.69) is 39.5 Å². The van der Waals surface area contributed by atoms with Crippen molar-refractivity contribution in [3.05, 3.63) is 96.3 Å². The number of benzene rings is 4. The molecule has 0 fully saturated rings. The summed E-state index contributed by atoms with van der Waals surface area (Å²) in [6.45, 7) is 4.59. The van der Waals surface area contributed by atoms with E-state index in [0.717, 1.165) is 38.6 Å². The van der Waals surface area contributed by atoms with Crippen LogP contribution in [0.15, 0.2) is 85.2 Å². The number of nitrogens with zero attached hydrogens (tertiary/aromatic N) is 2. The van der Waals surface area contributed by atoms with Gasteiger partial charge in [-0.1, -0.05) is 56.3 Å². The highest BCUT2D eigenvalue weighted by Crippen LogP contribution is 2.29. The number of carbonyl (C=O) groups is 1. The molecule has 2 amide bonds. The number of aromatic nitrogens is 2. The van der Waals surface area contributed by atoms with Crippen molar-refractivity contribution in [3.8, 4) is 11.4 Å². The fraction of sp³-hybridized carbons (Fsp3) is 0.194. The Labute approximate surface area is 245 Å². The average Bonchev–Trinajstić information content (AvgIpc) is 3.37. The Balaban J connectivity index is 1.20. The summed E-state index contributed by atoms with van der Waals surface area (Å²) in [6, 6.07) is 23.0. The van der Waals surface area contributed by atoms with Gasteiger partial charge in [-0.2, -0.15) is 0 Å². The molecule has 216 valence electrons. The van der Waals surface area contributed by atoms with Crippen molar-refractivity contribution in [2.45, 2.75) is 32.5 Å². The fourth-order valence-electron chi connectivity index (χ4n) is 4.76. The Bertz CT molecular complexity index is 1750. The largest absolute Gasteiger partial charge is 0.573 e. The summed E-state index contributed by atoms with van der Waals surface area (Å²) in [6.07, 6.45) is -2.49. The molecule has 4 aromatic carbocycles. The van der Waals surface area contributed by atoms with Gasteiger partial charge in [0.1, 0.15) is 12.1 Å². The third-order valence-corrected chi connectivity index (χ3v) is 6.91. The van der Waals surface area contributed by atoms with Gasteiger partial charge in [0.25, 0.3) is 0 Å². The lowest BCUT2D eigenvalue weighted by Crippen LogP contribution is -2.42. The number of carbonyl (C=O) groups excluding carboxylic acids is 1. The van der Waals surface area contributed by atoms with Crippen LogP contribution in [0.4, 0.5) is 23.7 Å². The van der Waals surface area contributed by atoms with Crippen LogP contribution in [0.1, 0.15) is 30.9 Å². The first-order chi connectivity index (χ1) is 20.1. The third-order valence-electron chi connectivity index (χ3n) is 6.70. The van der Waals surface area contributed by atoms with Crippen molar-refractivity contribution in [1.82, 2.24) is 20.2 Å². The summed E-state index contributed by atoms with van der Waals surface area (Å²) in [4.78, 5) is 17.0. The first-order valence-electron chi connectivity index (χ1n) is 13.3. The van der Waals surface area contributed by atoms with E-state index in [1.807, 2.05) is 59.2 Å². The Hall–Kier alpha value is -4.64. The number of ether oxygens (including phenoxy) is 1. The number of hydrogen-bond donors (Lipinski definition) is 3. The molecule has 1 heterocycles. The number of fused-ring (bicyclic) bond motifs is 3. The molecule has 0 saturated heterocycles. The molecule has 42 heavy (non-hydrogen) atoms. The van der Waals surface area contributed by atoms with E-state index in [9.17, 15) is 18.0 Å². The Morgan fingerprint density at radius 1 is 1.02 bits per heavy atom. The van der Waals surface area contributed by atoms with E-state index in [-0.39, 0.29) is 16.9 Å². The van der Waals surface area contributed by atoms with E-state index in [0.29, 0.717) is 24.6 Å². The van der Waals surface area contributed by atoms with Crippen LogP contribution >= 0.6 is 12.2 Å². The lowest BCUT2D eigenvalue weighted by molar-refractivity contribution is -0.274. The minimum atomic E-state index is -4.74. The summed E-state index contributed by atoms with van der Waals surface area (Å²) < 4.78 is 43.2. The topological polar surface area (TPSA) is 80.2 Å². The molecule has 11 heteroatoms. The van der Waals surface area contributed by atoms with Gasteiger partial charge in [-0.15, -0.1) is 13.2 Å². The highest BCUT2D eigenvalue weighted by atomic mass is 32.1. The number of amides is 2. The second-order valence-corrected chi connectivity index (χ2v) is 10.4. The van der Waals surface area contributed by atoms with Crippen LogP contribution in [0.25, 0.3) is 27.5 Å². The lowest BCUT2D eigenvalue weighted by Gasteiger charge is -2.15. The minimum Gasteiger partial charge on any atom is -0.406 e. The number of para-hydroxylation sites is 1. The van der Waals surface area contributed by atoms with Crippen LogP contribution in [0, 0.1) is 0 Å². The molecule has 5 aromatic rings. The molecule has 0 aliphatic carbocycles. The van der Waals surface area contributed by atoms with Gasteiger partial charge in [0.05, 0.1) is 11.0 Å². The van der Waals surface area contributed by atoms with Gasteiger partial charge in [0.2, 0.25) is 0 Å². The van der Waals surface area contributed by atoms with E-state index in [1.54, 1.807) is 18.5 Å². The van der Waals surface area contributed by atoms with Gasteiger partial charge in [0.15, 0.2) is 5.11 Å². The van der Waals surface area contributed by atoms with Crippen molar-refractivity contribution in [1.29, 1.82) is 0 Å². The quantitative estimate of drug-likeness (QED) is 0.172. The van der Waals surface area contributed by atoms with Gasteiger partial charge in [-0.3, -0.25) is 9.88 Å². The van der Waals surface area contributed by atoms with Crippen LogP contribution in [0.5, 0.6) is 5.75 Å². The first-order valence-corrected chi connectivity index (χ1v) is 13.7. The predicted octanol–water partition coefficient (Wildman–Crippen LogP) is 7.44. The highest BCUT2D eigenvalue weighted by Gasteiger charge is 2.31. The summed E-state index contributed by atoms with van der Waals surface area (Å²) in [7, 11) is 0. The van der Waals surface area contributed by atoms with Crippen molar-refractivity contribution >= 4 is 50.9 Å². The van der Waals surface area contributed by atoms with Gasteiger partial charge in [-0.25, -0.2) is 9.78 Å². The number of halogens is 3. The molecular formula is C31H28F3N5O2S. The maximum Gasteiger partial charge on any atom is 0.573 e. The Kier molecular flexibility index (Phi) is 8.30. The van der Waals surface area contributed by atoms with Crippen LogP contribution < -0.4 is 20.7 Å². The number of urea groups is 1. The number of anilines is 1. The van der Waals surface area contributed by atoms with Crippen LogP contribution in [0.2, 0.25) is 0 Å². The van der Waals surface area contributed by atoms with Crippen molar-refractivity contribution in [2.75, 3.05) is 11.9 Å². The van der Waals surface area contributed by atoms with Crippen molar-refractivity contribution < 1.29 is 22.7 Å². The van der Waals surface area contributed by atoms with Crippen molar-refractivity contribution in [3.63, 3.8) is 0 Å². The zero-order valence-corrected chi connectivity index (χ0v) is 23.6. The van der Waals surface area contributed by atoms with Gasteiger partial charge >= 0.3 is 12.4 Å². The van der Waals surface area contributed by atoms with Gasteiger partial charge < -0.3 is 15.4 Å². The van der Waals surface area contributed by atoms with Gasteiger partial charge in [0, 0.05) is 23.3 Å². The lowest BCUT2D eigenvalue weighted by atomic mass is 10.0. The minimum absolute atomic E-state index is 0.223. The second kappa shape index (κ2) is 12.1. The zero-order valence-electron chi connectivity index (χ0n) is 22.8. The van der Waals surface area contributed by atoms with E-state index in [4.69, 9.17) is 12.2 Å². The van der Waals surface area contributed by atoms with Gasteiger partial charge in [-0.05, 0) is 77.5 Å². The number of rotatable bonds is 7. The SMILES string of the molecule is CC(C)c1ccccc1NC(=S)NC(=O)NCCc1ccc2c(ccc3c2ncn3-c2ccc(OC(F)(F)F)cc2)c1.